The molecule has 2 fully saturated rings. The van der Waals surface area contributed by atoms with Gasteiger partial charge in [0.15, 0.2) is 5.82 Å². The number of nitrogens with zero attached hydrogens (tertiary/aromatic N) is 3. The Morgan fingerprint density at radius 2 is 2.19 bits per heavy atom. The summed E-state index contributed by atoms with van der Waals surface area (Å²) in [6.45, 7) is 1.23. The van der Waals surface area contributed by atoms with E-state index >= 15 is 0 Å². The summed E-state index contributed by atoms with van der Waals surface area (Å²) in [5.41, 5.74) is 0.634. The molecule has 1 N–H and O–H groups in total. The van der Waals surface area contributed by atoms with E-state index in [1.165, 1.54) is 30.7 Å². The lowest BCUT2D eigenvalue weighted by molar-refractivity contribution is -0.131. The summed E-state index contributed by atoms with van der Waals surface area (Å²) in [5.74, 6) is -0.637. The molecule has 8 heteroatoms. The van der Waals surface area contributed by atoms with Crippen LogP contribution in [0.1, 0.15) is 5.56 Å². The van der Waals surface area contributed by atoms with Gasteiger partial charge in [0.1, 0.15) is 5.82 Å². The highest BCUT2D eigenvalue weighted by Gasteiger charge is 2.47. The van der Waals surface area contributed by atoms with E-state index in [-0.39, 0.29) is 42.0 Å². The number of hydrogen-bond donors (Lipinski definition) is 1. The Hall–Kier alpha value is -2.87. The summed E-state index contributed by atoms with van der Waals surface area (Å²) >= 11 is 0. The minimum atomic E-state index is -0.359. The van der Waals surface area contributed by atoms with Crippen LogP contribution in [0.25, 0.3) is 0 Å². The molecule has 2 amide bonds. The molecule has 2 aromatic rings. The molecule has 0 aliphatic carbocycles. The minimum absolute atomic E-state index is 0.0573. The summed E-state index contributed by atoms with van der Waals surface area (Å²) in [5, 5.41) is 2.75. The molecule has 3 atom stereocenters. The number of amides is 2. The number of hydrogen-bond acceptors (Lipinski definition) is 5. The highest BCUT2D eigenvalue weighted by Crippen LogP contribution is 2.34. The second kappa shape index (κ2) is 7.40. The maximum absolute atomic E-state index is 13.3. The van der Waals surface area contributed by atoms with Gasteiger partial charge < -0.3 is 15.0 Å². The van der Waals surface area contributed by atoms with Crippen molar-refractivity contribution in [2.75, 3.05) is 25.0 Å². The first-order chi connectivity index (χ1) is 13.1. The second-order valence-electron chi connectivity index (χ2n) is 6.83. The third kappa shape index (κ3) is 3.80. The van der Waals surface area contributed by atoms with Gasteiger partial charge in [0.25, 0.3) is 0 Å². The topological polar surface area (TPSA) is 84.4 Å². The number of carbonyl (C=O) groups excluding carboxylic acids is 2. The van der Waals surface area contributed by atoms with Crippen LogP contribution in [-0.2, 0) is 20.7 Å². The highest BCUT2D eigenvalue weighted by molar-refractivity contribution is 5.92. The number of benzene rings is 1. The lowest BCUT2D eigenvalue weighted by atomic mass is 9.92. The third-order valence-electron chi connectivity index (χ3n) is 5.06. The second-order valence-corrected chi connectivity index (χ2v) is 6.83. The van der Waals surface area contributed by atoms with E-state index in [1.807, 2.05) is 0 Å². The minimum Gasteiger partial charge on any atom is -0.375 e. The monoisotopic (exact) mass is 370 g/mol. The number of likely N-dealkylation sites (tertiary alicyclic amines) is 1. The number of carbonyl (C=O) groups is 2. The normalized spacial score (nSPS) is 23.9. The van der Waals surface area contributed by atoms with Gasteiger partial charge in [-0.1, -0.05) is 12.1 Å². The van der Waals surface area contributed by atoms with Gasteiger partial charge in [-0.25, -0.2) is 9.37 Å². The maximum Gasteiger partial charge on any atom is 0.231 e. The fraction of sp³-hybridized carbons (Fsp3) is 0.368. The summed E-state index contributed by atoms with van der Waals surface area (Å²) < 4.78 is 19.1. The molecule has 2 saturated heterocycles. The van der Waals surface area contributed by atoms with Crippen LogP contribution in [0.15, 0.2) is 42.9 Å². The molecule has 4 rings (SSSR count). The van der Waals surface area contributed by atoms with Crippen molar-refractivity contribution in [3.05, 3.63) is 54.2 Å². The highest BCUT2D eigenvalue weighted by atomic mass is 19.1. The van der Waals surface area contributed by atoms with Crippen molar-refractivity contribution in [2.45, 2.75) is 12.5 Å². The van der Waals surface area contributed by atoms with Crippen molar-refractivity contribution in [3.8, 4) is 0 Å². The summed E-state index contributed by atoms with van der Waals surface area (Å²) in [6.07, 6.45) is 4.50. The smallest absolute Gasteiger partial charge is 0.231 e. The Morgan fingerprint density at radius 1 is 1.30 bits per heavy atom. The molecule has 140 valence electrons. The van der Waals surface area contributed by atoms with Crippen LogP contribution < -0.4 is 5.32 Å². The van der Waals surface area contributed by atoms with Crippen LogP contribution in [0, 0.1) is 17.7 Å². The van der Waals surface area contributed by atoms with Gasteiger partial charge in [-0.2, -0.15) is 0 Å². The quantitative estimate of drug-likeness (QED) is 0.876. The van der Waals surface area contributed by atoms with Gasteiger partial charge >= 0.3 is 0 Å². The van der Waals surface area contributed by atoms with Gasteiger partial charge in [-0.05, 0) is 17.7 Å². The molecule has 0 bridgehead atoms. The van der Waals surface area contributed by atoms with Crippen LogP contribution in [0.2, 0.25) is 0 Å². The molecule has 0 radical (unpaired) electrons. The number of ether oxygens (including phenoxy) is 1. The Labute approximate surface area is 155 Å². The van der Waals surface area contributed by atoms with Gasteiger partial charge in [0, 0.05) is 31.4 Å². The molecule has 0 spiro atoms. The lowest BCUT2D eigenvalue weighted by Gasteiger charge is -2.19. The molecule has 0 saturated carbocycles. The van der Waals surface area contributed by atoms with E-state index in [2.05, 4.69) is 15.3 Å². The van der Waals surface area contributed by atoms with Crippen LogP contribution in [0.4, 0.5) is 10.2 Å². The van der Waals surface area contributed by atoms with Crippen LogP contribution in [0.3, 0.4) is 0 Å². The molecule has 2 aliphatic heterocycles. The van der Waals surface area contributed by atoms with Crippen molar-refractivity contribution < 1.29 is 18.7 Å². The van der Waals surface area contributed by atoms with Crippen molar-refractivity contribution in [2.24, 2.45) is 11.8 Å². The fourth-order valence-corrected chi connectivity index (χ4v) is 3.70. The molecule has 0 unspecified atom stereocenters. The summed E-state index contributed by atoms with van der Waals surface area (Å²) in [7, 11) is 0. The number of anilines is 1. The van der Waals surface area contributed by atoms with E-state index in [4.69, 9.17) is 4.74 Å². The number of aromatic nitrogens is 2. The van der Waals surface area contributed by atoms with Crippen molar-refractivity contribution in [1.82, 2.24) is 14.9 Å². The van der Waals surface area contributed by atoms with Crippen molar-refractivity contribution >= 4 is 17.6 Å². The standard InChI is InChI=1S/C19H19FN4O3/c20-13-3-1-2-12(6-13)7-18(25)24-9-14-15(11-27-16(14)10-24)19(26)23-17-8-21-4-5-22-17/h1-6,8,14-16H,7,9-11H2,(H,22,23,26)/t14-,15-,16+/m1/s1. The average Bonchev–Trinajstić information content (AvgIpc) is 3.23. The van der Waals surface area contributed by atoms with E-state index in [9.17, 15) is 14.0 Å². The number of halogens is 1. The van der Waals surface area contributed by atoms with E-state index in [1.54, 1.807) is 17.0 Å². The van der Waals surface area contributed by atoms with Crippen LogP contribution >= 0.6 is 0 Å². The zero-order chi connectivity index (χ0) is 18.8. The number of nitrogens with one attached hydrogen (secondary N) is 1. The van der Waals surface area contributed by atoms with Gasteiger partial charge in [0.2, 0.25) is 11.8 Å². The maximum atomic E-state index is 13.3. The molecule has 3 heterocycles. The van der Waals surface area contributed by atoms with E-state index < -0.39 is 0 Å². The molecule has 7 nitrogen and oxygen atoms in total. The van der Waals surface area contributed by atoms with E-state index in [0.29, 0.717) is 31.1 Å². The van der Waals surface area contributed by atoms with Crippen LogP contribution in [-0.4, -0.2) is 52.5 Å². The lowest BCUT2D eigenvalue weighted by Crippen LogP contribution is -2.35. The number of rotatable bonds is 4. The first kappa shape index (κ1) is 17.5. The summed E-state index contributed by atoms with van der Waals surface area (Å²) in [4.78, 5) is 34.8. The summed E-state index contributed by atoms with van der Waals surface area (Å²) in [6, 6.07) is 6.03. The average molecular weight is 370 g/mol. The Morgan fingerprint density at radius 3 is 2.96 bits per heavy atom. The predicted molar refractivity (Wildman–Crippen MR) is 94.1 cm³/mol. The third-order valence-corrected chi connectivity index (χ3v) is 5.06. The molecule has 2 aliphatic rings. The first-order valence-electron chi connectivity index (χ1n) is 8.81. The first-order valence-corrected chi connectivity index (χ1v) is 8.81. The fourth-order valence-electron chi connectivity index (χ4n) is 3.70. The SMILES string of the molecule is O=C(Nc1cnccn1)[C@@H]1CO[C@H]2CN(C(=O)Cc3cccc(F)c3)C[C@@H]21. The predicted octanol–water partition coefficient (Wildman–Crippen LogP) is 1.27. The van der Waals surface area contributed by atoms with Gasteiger partial charge in [0.05, 0.1) is 31.2 Å². The molecule has 27 heavy (non-hydrogen) atoms. The zero-order valence-corrected chi connectivity index (χ0v) is 14.5. The van der Waals surface area contributed by atoms with Gasteiger partial charge in [-0.3, -0.25) is 14.6 Å². The zero-order valence-electron chi connectivity index (χ0n) is 14.5. The van der Waals surface area contributed by atoms with Crippen molar-refractivity contribution in [1.29, 1.82) is 0 Å². The van der Waals surface area contributed by atoms with Crippen molar-refractivity contribution in [3.63, 3.8) is 0 Å². The Bertz CT molecular complexity index is 848. The molecular weight excluding hydrogens is 351 g/mol. The molecule has 1 aromatic heterocycles. The Kier molecular flexibility index (Phi) is 4.81. The van der Waals surface area contributed by atoms with Crippen LogP contribution in [0.5, 0.6) is 0 Å². The number of fused-ring (bicyclic) bond motifs is 1. The van der Waals surface area contributed by atoms with Gasteiger partial charge in [-0.15, -0.1) is 0 Å². The Balaban J connectivity index is 1.37. The van der Waals surface area contributed by atoms with E-state index in [0.717, 1.165) is 0 Å². The largest absolute Gasteiger partial charge is 0.375 e. The molecular formula is C19H19FN4O3. The molecule has 1 aromatic carbocycles.